The molecule has 0 aliphatic heterocycles. The first-order valence-corrected chi connectivity index (χ1v) is 4.72. The number of nitrogens with one attached hydrogen (secondary N) is 1. The smallest absolute Gasteiger partial charge is 0.328 e. The summed E-state index contributed by atoms with van der Waals surface area (Å²) >= 11 is 0. The predicted octanol–water partition coefficient (Wildman–Crippen LogP) is -1.17. The maximum atomic E-state index is 11.3. The second kappa shape index (κ2) is 5.86. The molecule has 16 heavy (non-hydrogen) atoms. The summed E-state index contributed by atoms with van der Waals surface area (Å²) < 4.78 is 1.70. The molecule has 7 heteroatoms. The number of carbonyl (C=O) groups is 2. The van der Waals surface area contributed by atoms with Crippen molar-refractivity contribution >= 4 is 11.9 Å². The fourth-order valence-electron chi connectivity index (χ4n) is 1.10. The number of carbonyl (C=O) groups excluding carboxylic acids is 1. The first kappa shape index (κ1) is 12.2. The van der Waals surface area contributed by atoms with Crippen LogP contribution in [0.2, 0.25) is 0 Å². The molecule has 0 fully saturated rings. The highest BCUT2D eigenvalue weighted by Gasteiger charge is 2.18. The van der Waals surface area contributed by atoms with Crippen LogP contribution in [-0.2, 0) is 16.1 Å². The summed E-state index contributed by atoms with van der Waals surface area (Å²) in [6.07, 6.45) is 4.99. The van der Waals surface area contributed by atoms with Gasteiger partial charge >= 0.3 is 5.97 Å². The second-order valence-corrected chi connectivity index (χ2v) is 3.19. The first-order valence-electron chi connectivity index (χ1n) is 4.72. The van der Waals surface area contributed by atoms with Crippen LogP contribution >= 0.6 is 0 Å². The van der Waals surface area contributed by atoms with Gasteiger partial charge in [0.05, 0.1) is 12.9 Å². The van der Waals surface area contributed by atoms with Crippen molar-refractivity contribution < 1.29 is 19.8 Å². The number of carboxylic acid groups (broad SMARTS) is 1. The summed E-state index contributed by atoms with van der Waals surface area (Å²) in [5, 5.41) is 19.5. The summed E-state index contributed by atoms with van der Waals surface area (Å²) in [5.41, 5.74) is 0. The van der Waals surface area contributed by atoms with E-state index in [1.807, 2.05) is 0 Å². The van der Waals surface area contributed by atoms with Crippen molar-refractivity contribution in [2.45, 2.75) is 19.0 Å². The number of aliphatic hydroxyl groups excluding tert-OH is 1. The molecular formula is C9H13N3O4. The molecule has 1 amide bonds. The molecule has 88 valence electrons. The van der Waals surface area contributed by atoms with Crippen LogP contribution < -0.4 is 5.32 Å². The van der Waals surface area contributed by atoms with E-state index in [1.165, 1.54) is 0 Å². The van der Waals surface area contributed by atoms with E-state index in [0.717, 1.165) is 0 Å². The fourth-order valence-corrected chi connectivity index (χ4v) is 1.10. The highest BCUT2D eigenvalue weighted by molar-refractivity contribution is 5.83. The fraction of sp³-hybridized carbons (Fsp3) is 0.444. The van der Waals surface area contributed by atoms with Gasteiger partial charge in [0.25, 0.3) is 0 Å². The topological polar surface area (TPSA) is 104 Å². The molecule has 0 aliphatic rings. The Hall–Kier alpha value is -1.89. The Morgan fingerprint density at radius 1 is 1.50 bits per heavy atom. The Morgan fingerprint density at radius 2 is 2.25 bits per heavy atom. The van der Waals surface area contributed by atoms with Gasteiger partial charge in [0.15, 0.2) is 0 Å². The third-order valence-corrected chi connectivity index (χ3v) is 1.97. The number of nitrogens with zero attached hydrogens (tertiary/aromatic N) is 2. The molecule has 1 heterocycles. The van der Waals surface area contributed by atoms with Gasteiger partial charge in [0, 0.05) is 25.4 Å². The molecule has 1 aromatic rings. The molecular weight excluding hydrogens is 214 g/mol. The minimum absolute atomic E-state index is 0.139. The third-order valence-electron chi connectivity index (χ3n) is 1.97. The molecule has 0 aliphatic carbocycles. The molecule has 1 atom stereocenters. The number of carboxylic acids is 1. The van der Waals surface area contributed by atoms with Gasteiger partial charge in [-0.15, -0.1) is 0 Å². The van der Waals surface area contributed by atoms with Crippen molar-refractivity contribution in [1.29, 1.82) is 0 Å². The molecule has 0 aromatic carbocycles. The van der Waals surface area contributed by atoms with Gasteiger partial charge in [-0.25, -0.2) is 9.78 Å². The number of rotatable bonds is 6. The lowest BCUT2D eigenvalue weighted by Crippen LogP contribution is -2.43. The lowest BCUT2D eigenvalue weighted by molar-refractivity contribution is -0.143. The SMILES string of the molecule is O=C(CCn1ccnc1)N[C@@H](CO)C(=O)O. The Morgan fingerprint density at radius 3 is 2.75 bits per heavy atom. The van der Waals surface area contributed by atoms with Gasteiger partial charge in [-0.1, -0.05) is 0 Å². The number of aliphatic carboxylic acids is 1. The van der Waals surface area contributed by atoms with E-state index in [1.54, 1.807) is 23.3 Å². The summed E-state index contributed by atoms with van der Waals surface area (Å²) in [6, 6.07) is -1.24. The van der Waals surface area contributed by atoms with Crippen molar-refractivity contribution in [2.24, 2.45) is 0 Å². The number of aliphatic hydroxyl groups is 1. The monoisotopic (exact) mass is 227 g/mol. The zero-order chi connectivity index (χ0) is 12.0. The van der Waals surface area contributed by atoms with E-state index in [2.05, 4.69) is 10.3 Å². The van der Waals surface area contributed by atoms with E-state index >= 15 is 0 Å². The number of aromatic nitrogens is 2. The van der Waals surface area contributed by atoms with Gasteiger partial charge in [0.2, 0.25) is 5.91 Å². The highest BCUT2D eigenvalue weighted by atomic mass is 16.4. The van der Waals surface area contributed by atoms with Gasteiger partial charge in [-0.2, -0.15) is 0 Å². The minimum atomic E-state index is -1.25. The van der Waals surface area contributed by atoms with Crippen molar-refractivity contribution in [3.63, 3.8) is 0 Å². The average molecular weight is 227 g/mol. The van der Waals surface area contributed by atoms with Crippen LogP contribution in [0, 0.1) is 0 Å². The Labute approximate surface area is 91.7 Å². The van der Waals surface area contributed by atoms with Crippen LogP contribution in [0.1, 0.15) is 6.42 Å². The predicted molar refractivity (Wildman–Crippen MR) is 53.5 cm³/mol. The largest absolute Gasteiger partial charge is 0.480 e. The molecule has 0 unspecified atom stereocenters. The van der Waals surface area contributed by atoms with E-state index in [4.69, 9.17) is 10.2 Å². The number of amides is 1. The lowest BCUT2D eigenvalue weighted by Gasteiger charge is -2.11. The zero-order valence-electron chi connectivity index (χ0n) is 8.54. The molecule has 0 saturated carbocycles. The second-order valence-electron chi connectivity index (χ2n) is 3.19. The highest BCUT2D eigenvalue weighted by Crippen LogP contribution is 1.92. The van der Waals surface area contributed by atoms with Gasteiger partial charge < -0.3 is 20.1 Å². The summed E-state index contributed by atoms with van der Waals surface area (Å²) in [4.78, 5) is 25.6. The summed E-state index contributed by atoms with van der Waals surface area (Å²) in [5.74, 6) is -1.67. The summed E-state index contributed by atoms with van der Waals surface area (Å²) in [7, 11) is 0. The van der Waals surface area contributed by atoms with E-state index in [0.29, 0.717) is 6.54 Å². The quantitative estimate of drug-likeness (QED) is 0.568. The van der Waals surface area contributed by atoms with Crippen molar-refractivity contribution in [2.75, 3.05) is 6.61 Å². The van der Waals surface area contributed by atoms with Crippen LogP contribution in [0.3, 0.4) is 0 Å². The van der Waals surface area contributed by atoms with Gasteiger partial charge in [-0.3, -0.25) is 4.79 Å². The van der Waals surface area contributed by atoms with E-state index < -0.39 is 24.5 Å². The van der Waals surface area contributed by atoms with Gasteiger partial charge in [-0.05, 0) is 0 Å². The molecule has 1 aromatic heterocycles. The molecule has 1 rings (SSSR count). The lowest BCUT2D eigenvalue weighted by atomic mass is 10.3. The molecule has 3 N–H and O–H groups in total. The van der Waals surface area contributed by atoms with E-state index in [-0.39, 0.29) is 6.42 Å². The average Bonchev–Trinajstić information content (AvgIpc) is 2.75. The number of aryl methyl sites for hydroxylation is 1. The molecule has 0 radical (unpaired) electrons. The van der Waals surface area contributed by atoms with Crippen molar-refractivity contribution in [3.05, 3.63) is 18.7 Å². The first-order chi connectivity index (χ1) is 7.63. The maximum Gasteiger partial charge on any atom is 0.328 e. The number of hydrogen-bond acceptors (Lipinski definition) is 4. The molecule has 0 bridgehead atoms. The summed E-state index contributed by atoms with van der Waals surface area (Å²) in [6.45, 7) is -0.199. The molecule has 0 saturated heterocycles. The molecule has 7 nitrogen and oxygen atoms in total. The van der Waals surface area contributed by atoms with Crippen LogP contribution in [0.15, 0.2) is 18.7 Å². The number of hydrogen-bond donors (Lipinski definition) is 3. The van der Waals surface area contributed by atoms with Crippen molar-refractivity contribution in [1.82, 2.24) is 14.9 Å². The minimum Gasteiger partial charge on any atom is -0.480 e. The normalized spacial score (nSPS) is 12.1. The Kier molecular flexibility index (Phi) is 4.46. The Balaban J connectivity index is 2.33. The maximum absolute atomic E-state index is 11.3. The Bertz CT molecular complexity index is 350. The van der Waals surface area contributed by atoms with Crippen molar-refractivity contribution in [3.8, 4) is 0 Å². The van der Waals surface area contributed by atoms with Crippen LogP contribution in [0.25, 0.3) is 0 Å². The third kappa shape index (κ3) is 3.70. The van der Waals surface area contributed by atoms with Crippen LogP contribution in [-0.4, -0.2) is 44.3 Å². The van der Waals surface area contributed by atoms with E-state index in [9.17, 15) is 9.59 Å². The zero-order valence-corrected chi connectivity index (χ0v) is 8.54. The van der Waals surface area contributed by atoms with Crippen LogP contribution in [0.4, 0.5) is 0 Å². The number of imidazole rings is 1. The van der Waals surface area contributed by atoms with Crippen LogP contribution in [0.5, 0.6) is 0 Å². The van der Waals surface area contributed by atoms with Gasteiger partial charge in [0.1, 0.15) is 6.04 Å². The molecule has 0 spiro atoms. The standard InChI is InChI=1S/C9H13N3O4/c13-5-7(9(15)16)11-8(14)1-3-12-4-2-10-6-12/h2,4,6-7,13H,1,3,5H2,(H,11,14)(H,15,16)/t7-/m0/s1.